The molecule has 1 aliphatic rings. The molecule has 0 saturated carbocycles. The fourth-order valence-corrected chi connectivity index (χ4v) is 3.64. The summed E-state index contributed by atoms with van der Waals surface area (Å²) in [4.78, 5) is 27.1. The fraction of sp³-hybridized carbons (Fsp3) is 0.350. The lowest BCUT2D eigenvalue weighted by Gasteiger charge is -2.14. The molecule has 0 aromatic carbocycles. The Bertz CT molecular complexity index is 992. The smallest absolute Gasteiger partial charge is 0.286 e. The standard InChI is InChI=1S/C20H22BrN5O3/c1-12-6-14(13(2)26(12)11-17-4-3-5-29-17)7-15(9-22)19(27)24-25-20(28)18-8-16(21)10-23-18/h6-8,10,17,23H,3-5,11H2,1-2H3,(H,24,27)(H,25,28)/b15-7+. The maximum absolute atomic E-state index is 12.3. The molecular weight excluding hydrogens is 438 g/mol. The topological polar surface area (TPSA) is 112 Å². The van der Waals surface area contributed by atoms with Gasteiger partial charge in [0.05, 0.1) is 6.10 Å². The molecule has 1 aliphatic heterocycles. The number of amides is 2. The Morgan fingerprint density at radius 2 is 2.21 bits per heavy atom. The molecule has 3 heterocycles. The lowest BCUT2D eigenvalue weighted by Crippen LogP contribution is -2.42. The molecule has 3 rings (SSSR count). The van der Waals surface area contributed by atoms with Gasteiger partial charge in [-0.3, -0.25) is 20.4 Å². The molecule has 29 heavy (non-hydrogen) atoms. The summed E-state index contributed by atoms with van der Waals surface area (Å²) >= 11 is 3.23. The highest BCUT2D eigenvalue weighted by molar-refractivity contribution is 9.10. The van der Waals surface area contributed by atoms with Crippen LogP contribution in [0.3, 0.4) is 0 Å². The number of carbonyl (C=O) groups excluding carboxylic acids is 2. The molecule has 0 aliphatic carbocycles. The summed E-state index contributed by atoms with van der Waals surface area (Å²) in [6, 6.07) is 5.40. The van der Waals surface area contributed by atoms with Crippen molar-refractivity contribution in [3.05, 3.63) is 51.0 Å². The van der Waals surface area contributed by atoms with Crippen LogP contribution in [0.2, 0.25) is 0 Å². The third-order valence-corrected chi connectivity index (χ3v) is 5.33. The van der Waals surface area contributed by atoms with E-state index in [9.17, 15) is 14.9 Å². The maximum atomic E-state index is 12.3. The zero-order chi connectivity index (χ0) is 21.0. The number of aromatic amines is 1. The van der Waals surface area contributed by atoms with Crippen molar-refractivity contribution in [1.82, 2.24) is 20.4 Å². The van der Waals surface area contributed by atoms with Crippen LogP contribution in [0.25, 0.3) is 6.08 Å². The van der Waals surface area contributed by atoms with E-state index < -0.39 is 11.8 Å². The Morgan fingerprint density at radius 1 is 1.41 bits per heavy atom. The third kappa shape index (κ3) is 4.96. The summed E-state index contributed by atoms with van der Waals surface area (Å²) in [7, 11) is 0. The summed E-state index contributed by atoms with van der Waals surface area (Å²) < 4.78 is 8.56. The molecule has 2 aromatic rings. The molecule has 2 amide bonds. The van der Waals surface area contributed by atoms with Gasteiger partial charge in [-0.05, 0) is 66.4 Å². The van der Waals surface area contributed by atoms with E-state index in [0.29, 0.717) is 4.47 Å². The predicted molar refractivity (Wildman–Crippen MR) is 111 cm³/mol. The summed E-state index contributed by atoms with van der Waals surface area (Å²) in [6.45, 7) is 5.48. The third-order valence-electron chi connectivity index (χ3n) is 4.87. The van der Waals surface area contributed by atoms with Crippen molar-refractivity contribution < 1.29 is 14.3 Å². The number of carbonyl (C=O) groups is 2. The van der Waals surface area contributed by atoms with Crippen molar-refractivity contribution in [3.63, 3.8) is 0 Å². The van der Waals surface area contributed by atoms with E-state index >= 15 is 0 Å². The van der Waals surface area contributed by atoms with E-state index in [0.717, 1.165) is 42.9 Å². The number of nitriles is 1. The van der Waals surface area contributed by atoms with E-state index in [1.165, 1.54) is 6.08 Å². The van der Waals surface area contributed by atoms with Crippen molar-refractivity contribution in [1.29, 1.82) is 5.26 Å². The minimum Gasteiger partial charge on any atom is -0.376 e. The number of nitrogens with zero attached hydrogens (tertiary/aromatic N) is 2. The summed E-state index contributed by atoms with van der Waals surface area (Å²) in [5, 5.41) is 9.41. The number of H-pyrrole nitrogens is 1. The highest BCUT2D eigenvalue weighted by atomic mass is 79.9. The highest BCUT2D eigenvalue weighted by Gasteiger charge is 2.19. The Kier molecular flexibility index (Phi) is 6.56. The lowest BCUT2D eigenvalue weighted by molar-refractivity contribution is -0.117. The first-order chi connectivity index (χ1) is 13.9. The molecular formula is C20H22BrN5O3. The van der Waals surface area contributed by atoms with Crippen molar-refractivity contribution in [3.8, 4) is 6.07 Å². The highest BCUT2D eigenvalue weighted by Crippen LogP contribution is 2.22. The van der Waals surface area contributed by atoms with Crippen LogP contribution in [0.15, 0.2) is 28.4 Å². The number of aromatic nitrogens is 2. The van der Waals surface area contributed by atoms with E-state index in [4.69, 9.17) is 4.74 Å². The second-order valence-electron chi connectivity index (χ2n) is 6.88. The number of aryl methyl sites for hydroxylation is 1. The molecule has 1 fully saturated rings. The molecule has 1 saturated heterocycles. The van der Waals surface area contributed by atoms with Gasteiger partial charge in [-0.1, -0.05) is 0 Å². The lowest BCUT2D eigenvalue weighted by atomic mass is 10.1. The van der Waals surface area contributed by atoms with Gasteiger partial charge >= 0.3 is 0 Å². The number of halogens is 1. The van der Waals surface area contributed by atoms with Crippen LogP contribution in [0, 0.1) is 25.2 Å². The van der Waals surface area contributed by atoms with Crippen LogP contribution in [-0.4, -0.2) is 34.1 Å². The minimum absolute atomic E-state index is 0.102. The molecule has 0 bridgehead atoms. The predicted octanol–water partition coefficient (Wildman–Crippen LogP) is 2.74. The number of nitrogens with one attached hydrogen (secondary N) is 3. The number of rotatable bonds is 5. The Hall–Kier alpha value is -2.83. The largest absolute Gasteiger partial charge is 0.376 e. The van der Waals surface area contributed by atoms with Gasteiger partial charge in [0.25, 0.3) is 11.8 Å². The molecule has 1 atom stereocenters. The van der Waals surface area contributed by atoms with Crippen molar-refractivity contribution in [2.24, 2.45) is 0 Å². The average molecular weight is 460 g/mol. The van der Waals surface area contributed by atoms with Crippen molar-refractivity contribution >= 4 is 33.8 Å². The zero-order valence-electron chi connectivity index (χ0n) is 16.2. The SMILES string of the molecule is Cc1cc(/C=C(\C#N)C(=O)NNC(=O)c2cc(Br)c[nH]2)c(C)n1CC1CCCO1. The molecule has 1 unspecified atom stereocenters. The quantitative estimate of drug-likeness (QED) is 0.362. The summed E-state index contributed by atoms with van der Waals surface area (Å²) in [6.07, 6.45) is 5.43. The second kappa shape index (κ2) is 9.11. The first-order valence-electron chi connectivity index (χ1n) is 9.23. The maximum Gasteiger partial charge on any atom is 0.286 e. The van der Waals surface area contributed by atoms with E-state index in [1.807, 2.05) is 26.0 Å². The van der Waals surface area contributed by atoms with Crippen LogP contribution >= 0.6 is 15.9 Å². The molecule has 0 spiro atoms. The minimum atomic E-state index is -0.685. The number of hydrogen-bond acceptors (Lipinski definition) is 4. The van der Waals surface area contributed by atoms with Crippen LogP contribution in [0.4, 0.5) is 0 Å². The van der Waals surface area contributed by atoms with Gasteiger partial charge in [0.2, 0.25) is 0 Å². The van der Waals surface area contributed by atoms with Gasteiger partial charge in [0, 0.05) is 35.2 Å². The first kappa shape index (κ1) is 20.9. The first-order valence-corrected chi connectivity index (χ1v) is 10.0. The van der Waals surface area contributed by atoms with Gasteiger partial charge in [-0.25, -0.2) is 0 Å². The van der Waals surface area contributed by atoms with E-state index in [1.54, 1.807) is 12.3 Å². The molecule has 8 nitrogen and oxygen atoms in total. The van der Waals surface area contributed by atoms with Gasteiger partial charge in [0.15, 0.2) is 0 Å². The number of hydrogen-bond donors (Lipinski definition) is 3. The van der Waals surface area contributed by atoms with Crippen molar-refractivity contribution in [2.75, 3.05) is 6.61 Å². The van der Waals surface area contributed by atoms with Crippen LogP contribution in [0.1, 0.15) is 40.3 Å². The number of ether oxygens (including phenoxy) is 1. The van der Waals surface area contributed by atoms with Gasteiger partial charge in [-0.15, -0.1) is 0 Å². The molecule has 2 aromatic heterocycles. The summed E-state index contributed by atoms with van der Waals surface area (Å²) in [5.74, 6) is -1.20. The Balaban J connectivity index is 1.69. The zero-order valence-corrected chi connectivity index (χ0v) is 17.8. The normalized spacial score (nSPS) is 16.5. The van der Waals surface area contributed by atoms with Crippen molar-refractivity contribution in [2.45, 2.75) is 39.3 Å². The Labute approximate surface area is 177 Å². The summed E-state index contributed by atoms with van der Waals surface area (Å²) in [5.41, 5.74) is 7.51. The molecule has 152 valence electrons. The second-order valence-corrected chi connectivity index (χ2v) is 7.80. The van der Waals surface area contributed by atoms with E-state index in [2.05, 4.69) is 36.3 Å². The monoisotopic (exact) mass is 459 g/mol. The van der Waals surface area contributed by atoms with Gasteiger partial charge in [0.1, 0.15) is 17.3 Å². The average Bonchev–Trinajstić information content (AvgIpc) is 3.42. The molecule has 0 radical (unpaired) electrons. The van der Waals surface area contributed by atoms with E-state index in [-0.39, 0.29) is 17.4 Å². The molecule has 3 N–H and O–H groups in total. The van der Waals surface area contributed by atoms with Gasteiger partial charge < -0.3 is 14.3 Å². The Morgan fingerprint density at radius 3 is 2.83 bits per heavy atom. The van der Waals surface area contributed by atoms with Crippen LogP contribution in [-0.2, 0) is 16.1 Å². The fourth-order valence-electron chi connectivity index (χ4n) is 3.30. The van der Waals surface area contributed by atoms with Gasteiger partial charge in [-0.2, -0.15) is 5.26 Å². The van der Waals surface area contributed by atoms with Crippen LogP contribution < -0.4 is 10.9 Å². The molecule has 9 heteroatoms. The van der Waals surface area contributed by atoms with Crippen LogP contribution in [0.5, 0.6) is 0 Å². The number of hydrazine groups is 1.